The minimum atomic E-state index is -4.41. The first-order valence-electron chi connectivity index (χ1n) is 7.22. The molecule has 0 aliphatic rings. The molecule has 0 bridgehead atoms. The van der Waals surface area contributed by atoms with Crippen molar-refractivity contribution in [3.05, 3.63) is 59.2 Å². The highest BCUT2D eigenvalue weighted by molar-refractivity contribution is 8.13. The maximum atomic E-state index is 12.5. The zero-order valence-electron chi connectivity index (χ0n) is 13.5. The normalized spacial score (nSPS) is 11.1. The summed E-state index contributed by atoms with van der Waals surface area (Å²) >= 11 is 0.807. The Kier molecular flexibility index (Phi) is 6.14. The molecule has 5 nitrogen and oxygen atoms in total. The van der Waals surface area contributed by atoms with Crippen LogP contribution < -0.4 is 10.1 Å². The van der Waals surface area contributed by atoms with Crippen LogP contribution in [0.15, 0.2) is 42.5 Å². The zero-order chi connectivity index (χ0) is 19.3. The Balaban J connectivity index is 2.03. The molecule has 0 heterocycles. The van der Waals surface area contributed by atoms with Crippen molar-refractivity contribution in [1.82, 2.24) is 0 Å². The molecule has 138 valence electrons. The molecule has 1 amide bonds. The van der Waals surface area contributed by atoms with E-state index in [0.717, 1.165) is 23.9 Å². The molecule has 0 fully saturated rings. The number of amides is 1. The van der Waals surface area contributed by atoms with E-state index in [1.165, 1.54) is 37.4 Å². The molecule has 0 spiro atoms. The summed E-state index contributed by atoms with van der Waals surface area (Å²) in [6.45, 7) is 0. The fourth-order valence-corrected chi connectivity index (χ4v) is 2.78. The molecule has 26 heavy (non-hydrogen) atoms. The fourth-order valence-electron chi connectivity index (χ4n) is 2.11. The van der Waals surface area contributed by atoms with Crippen molar-refractivity contribution in [3.63, 3.8) is 0 Å². The number of ether oxygens (including phenoxy) is 1. The van der Waals surface area contributed by atoms with Crippen LogP contribution in [-0.4, -0.2) is 23.4 Å². The Labute approximate surface area is 151 Å². The first-order chi connectivity index (χ1) is 12.2. The van der Waals surface area contributed by atoms with Gasteiger partial charge >= 0.3 is 12.1 Å². The molecular formula is C17H14F3NO4S. The summed E-state index contributed by atoms with van der Waals surface area (Å²) in [7, 11) is 1.31. The van der Waals surface area contributed by atoms with Gasteiger partial charge in [-0.3, -0.25) is 4.79 Å². The average Bonchev–Trinajstić information content (AvgIpc) is 2.59. The highest BCUT2D eigenvalue weighted by Crippen LogP contribution is 2.30. The van der Waals surface area contributed by atoms with E-state index in [0.29, 0.717) is 5.56 Å². The molecule has 0 unspecified atom stereocenters. The van der Waals surface area contributed by atoms with Gasteiger partial charge < -0.3 is 15.2 Å². The van der Waals surface area contributed by atoms with E-state index in [4.69, 9.17) is 4.74 Å². The quantitative estimate of drug-likeness (QED) is 0.767. The number of carbonyl (C=O) groups excluding carboxylic acids is 1. The number of benzene rings is 2. The highest BCUT2D eigenvalue weighted by atomic mass is 32.2. The van der Waals surface area contributed by atoms with E-state index in [1.54, 1.807) is 0 Å². The third kappa shape index (κ3) is 4.92. The summed E-state index contributed by atoms with van der Waals surface area (Å²) in [5.41, 5.74) is -0.347. The van der Waals surface area contributed by atoms with Crippen molar-refractivity contribution in [3.8, 4) is 5.75 Å². The topological polar surface area (TPSA) is 75.6 Å². The minimum absolute atomic E-state index is 0.0711. The maximum Gasteiger partial charge on any atom is 0.416 e. The van der Waals surface area contributed by atoms with Gasteiger partial charge in [-0.2, -0.15) is 13.2 Å². The summed E-state index contributed by atoms with van der Waals surface area (Å²) in [6, 6.07) is 8.86. The first-order valence-corrected chi connectivity index (χ1v) is 8.21. The monoisotopic (exact) mass is 385 g/mol. The van der Waals surface area contributed by atoms with Crippen LogP contribution in [0.3, 0.4) is 0 Å². The number of nitrogens with one attached hydrogen (secondary N) is 1. The molecular weight excluding hydrogens is 371 g/mol. The summed E-state index contributed by atoms with van der Waals surface area (Å²) in [6.07, 6.45) is -4.41. The molecule has 0 radical (unpaired) electrons. The number of methoxy groups -OCH3 is 1. The predicted octanol–water partition coefficient (Wildman–Crippen LogP) is 4.88. The number of carbonyl (C=O) groups is 2. The number of aromatic carboxylic acids is 1. The van der Waals surface area contributed by atoms with Gasteiger partial charge in [-0.1, -0.05) is 30.0 Å². The van der Waals surface area contributed by atoms with Crippen LogP contribution in [0.1, 0.15) is 21.5 Å². The van der Waals surface area contributed by atoms with E-state index >= 15 is 0 Å². The Bertz CT molecular complexity index is 807. The summed E-state index contributed by atoms with van der Waals surface area (Å²) < 4.78 is 42.5. The number of anilines is 1. The van der Waals surface area contributed by atoms with Crippen LogP contribution >= 0.6 is 11.8 Å². The van der Waals surface area contributed by atoms with E-state index in [2.05, 4.69) is 5.32 Å². The number of thioether (sulfide) groups is 1. The van der Waals surface area contributed by atoms with Crippen LogP contribution in [-0.2, 0) is 11.9 Å². The smallest absolute Gasteiger partial charge is 0.416 e. The molecule has 0 aromatic heterocycles. The van der Waals surface area contributed by atoms with Gasteiger partial charge in [0.1, 0.15) is 11.3 Å². The summed E-state index contributed by atoms with van der Waals surface area (Å²) in [5, 5.41) is 11.2. The van der Waals surface area contributed by atoms with Crippen LogP contribution in [0.4, 0.5) is 23.7 Å². The van der Waals surface area contributed by atoms with Gasteiger partial charge in [0.2, 0.25) is 0 Å². The van der Waals surface area contributed by atoms with Crippen molar-refractivity contribution in [1.29, 1.82) is 0 Å². The van der Waals surface area contributed by atoms with E-state index in [1.807, 2.05) is 0 Å². The SMILES string of the molecule is COc1cccc(NC(=O)SCc2ccc(C(F)(F)F)cc2)c1C(=O)O. The van der Waals surface area contributed by atoms with Crippen LogP contribution in [0.5, 0.6) is 5.75 Å². The molecule has 0 atom stereocenters. The van der Waals surface area contributed by atoms with Crippen LogP contribution in [0, 0.1) is 0 Å². The van der Waals surface area contributed by atoms with Crippen molar-refractivity contribution >= 4 is 28.7 Å². The second-order valence-electron chi connectivity index (χ2n) is 5.08. The molecule has 2 N–H and O–H groups in total. The minimum Gasteiger partial charge on any atom is -0.496 e. The van der Waals surface area contributed by atoms with Gasteiger partial charge in [-0.25, -0.2) is 4.79 Å². The number of carboxylic acid groups (broad SMARTS) is 1. The van der Waals surface area contributed by atoms with Gasteiger partial charge in [-0.15, -0.1) is 0 Å². The number of hydrogen-bond donors (Lipinski definition) is 2. The molecule has 0 saturated heterocycles. The van der Waals surface area contributed by atoms with Crippen molar-refractivity contribution < 1.29 is 32.6 Å². The van der Waals surface area contributed by atoms with Crippen LogP contribution in [0.2, 0.25) is 0 Å². The number of halogens is 3. The number of carboxylic acids is 1. The summed E-state index contributed by atoms with van der Waals surface area (Å²) in [4.78, 5) is 23.4. The first kappa shape index (κ1) is 19.6. The fraction of sp³-hybridized carbons (Fsp3) is 0.176. The lowest BCUT2D eigenvalue weighted by atomic mass is 10.1. The molecule has 2 rings (SSSR count). The van der Waals surface area contributed by atoms with E-state index in [-0.39, 0.29) is 22.8 Å². The van der Waals surface area contributed by atoms with Crippen LogP contribution in [0.25, 0.3) is 0 Å². The van der Waals surface area contributed by atoms with Gasteiger partial charge in [0.15, 0.2) is 0 Å². The Morgan fingerprint density at radius 3 is 2.35 bits per heavy atom. The summed E-state index contributed by atoms with van der Waals surface area (Å²) in [5.74, 6) is -1.02. The largest absolute Gasteiger partial charge is 0.496 e. The highest BCUT2D eigenvalue weighted by Gasteiger charge is 2.29. The number of alkyl halides is 3. The molecule has 0 aliphatic heterocycles. The standard InChI is InChI=1S/C17H14F3NO4S/c1-25-13-4-2-3-12(14(13)15(22)23)21-16(24)26-9-10-5-7-11(8-6-10)17(18,19)20/h2-8H,9H2,1H3,(H,21,24)(H,22,23). The molecule has 2 aromatic rings. The van der Waals surface area contributed by atoms with Crippen molar-refractivity contribution in [2.45, 2.75) is 11.9 Å². The third-order valence-electron chi connectivity index (χ3n) is 3.35. The molecule has 9 heteroatoms. The number of hydrogen-bond acceptors (Lipinski definition) is 4. The lowest BCUT2D eigenvalue weighted by Crippen LogP contribution is -2.11. The lowest BCUT2D eigenvalue weighted by molar-refractivity contribution is -0.137. The molecule has 2 aromatic carbocycles. The molecule has 0 aliphatic carbocycles. The van der Waals surface area contributed by atoms with E-state index in [9.17, 15) is 27.9 Å². The van der Waals surface area contributed by atoms with Gasteiger partial charge in [0.05, 0.1) is 18.4 Å². The second-order valence-corrected chi connectivity index (χ2v) is 6.03. The Morgan fingerprint density at radius 1 is 1.15 bits per heavy atom. The average molecular weight is 385 g/mol. The predicted molar refractivity (Wildman–Crippen MR) is 91.7 cm³/mol. The van der Waals surface area contributed by atoms with Gasteiger partial charge in [-0.05, 0) is 29.8 Å². The van der Waals surface area contributed by atoms with Gasteiger partial charge in [0.25, 0.3) is 5.24 Å². The van der Waals surface area contributed by atoms with E-state index < -0.39 is 22.9 Å². The maximum absolute atomic E-state index is 12.5. The zero-order valence-corrected chi connectivity index (χ0v) is 14.3. The van der Waals surface area contributed by atoms with Gasteiger partial charge in [0, 0.05) is 5.75 Å². The van der Waals surface area contributed by atoms with Crippen molar-refractivity contribution in [2.75, 3.05) is 12.4 Å². The Hall–Kier alpha value is -2.68. The third-order valence-corrected chi connectivity index (χ3v) is 4.19. The Morgan fingerprint density at radius 2 is 1.81 bits per heavy atom. The lowest BCUT2D eigenvalue weighted by Gasteiger charge is -2.11. The molecule has 0 saturated carbocycles. The second kappa shape index (κ2) is 8.13. The van der Waals surface area contributed by atoms with Crippen molar-refractivity contribution in [2.24, 2.45) is 0 Å². The number of rotatable bonds is 5.